The summed E-state index contributed by atoms with van der Waals surface area (Å²) in [6.07, 6.45) is 5.28. The molecule has 3 rings (SSSR count). The van der Waals surface area contributed by atoms with Gasteiger partial charge in [-0.3, -0.25) is 0 Å². The molecule has 3 heteroatoms. The second-order valence-electron chi connectivity index (χ2n) is 6.44. The van der Waals surface area contributed by atoms with Crippen LogP contribution in [0.5, 0.6) is 0 Å². The summed E-state index contributed by atoms with van der Waals surface area (Å²) in [7, 11) is 0. The van der Waals surface area contributed by atoms with Crippen molar-refractivity contribution in [1.29, 1.82) is 0 Å². The molecule has 1 heterocycles. The highest BCUT2D eigenvalue weighted by molar-refractivity contribution is 5.22. The Morgan fingerprint density at radius 1 is 1.20 bits per heavy atom. The van der Waals surface area contributed by atoms with E-state index in [0.29, 0.717) is 12.1 Å². The molecular formula is C17H25FN2. The number of benzene rings is 1. The number of nitrogens with zero attached hydrogens (tertiary/aromatic N) is 1. The first kappa shape index (κ1) is 14.0. The highest BCUT2D eigenvalue weighted by Crippen LogP contribution is 2.41. The third kappa shape index (κ3) is 3.58. The van der Waals surface area contributed by atoms with Gasteiger partial charge >= 0.3 is 0 Å². The van der Waals surface area contributed by atoms with Crippen LogP contribution < -0.4 is 5.32 Å². The van der Waals surface area contributed by atoms with Gasteiger partial charge in [0, 0.05) is 18.6 Å². The third-order valence-electron chi connectivity index (χ3n) is 4.52. The van der Waals surface area contributed by atoms with Crippen molar-refractivity contribution in [2.24, 2.45) is 5.92 Å². The van der Waals surface area contributed by atoms with Crippen molar-refractivity contribution in [1.82, 2.24) is 10.2 Å². The van der Waals surface area contributed by atoms with Gasteiger partial charge in [0.1, 0.15) is 5.82 Å². The summed E-state index contributed by atoms with van der Waals surface area (Å²) >= 11 is 0. The molecule has 110 valence electrons. The summed E-state index contributed by atoms with van der Waals surface area (Å²) in [6.45, 7) is 5.90. The van der Waals surface area contributed by atoms with Gasteiger partial charge in [0.15, 0.2) is 0 Å². The molecule has 2 atom stereocenters. The lowest BCUT2D eigenvalue weighted by molar-refractivity contribution is 0.280. The van der Waals surface area contributed by atoms with E-state index in [-0.39, 0.29) is 5.82 Å². The smallest absolute Gasteiger partial charge is 0.123 e. The predicted molar refractivity (Wildman–Crippen MR) is 80.1 cm³/mol. The maximum Gasteiger partial charge on any atom is 0.123 e. The fourth-order valence-corrected chi connectivity index (χ4v) is 3.32. The largest absolute Gasteiger partial charge is 0.306 e. The zero-order valence-electron chi connectivity index (χ0n) is 12.3. The first-order valence-electron chi connectivity index (χ1n) is 7.96. The van der Waals surface area contributed by atoms with E-state index < -0.39 is 0 Å². The van der Waals surface area contributed by atoms with E-state index in [1.54, 1.807) is 12.1 Å². The van der Waals surface area contributed by atoms with Crippen LogP contribution in [0, 0.1) is 11.7 Å². The van der Waals surface area contributed by atoms with E-state index in [0.717, 1.165) is 12.5 Å². The van der Waals surface area contributed by atoms with E-state index in [4.69, 9.17) is 0 Å². The van der Waals surface area contributed by atoms with Gasteiger partial charge in [-0.15, -0.1) is 0 Å². The van der Waals surface area contributed by atoms with Crippen LogP contribution in [0.3, 0.4) is 0 Å². The van der Waals surface area contributed by atoms with Crippen molar-refractivity contribution in [3.05, 3.63) is 35.6 Å². The number of hydrogen-bond donors (Lipinski definition) is 1. The molecule has 2 nitrogen and oxygen atoms in total. The van der Waals surface area contributed by atoms with Gasteiger partial charge < -0.3 is 10.2 Å². The zero-order chi connectivity index (χ0) is 13.9. The van der Waals surface area contributed by atoms with Crippen LogP contribution in [0.4, 0.5) is 4.39 Å². The van der Waals surface area contributed by atoms with Crippen molar-refractivity contribution in [2.45, 2.75) is 44.7 Å². The minimum Gasteiger partial charge on any atom is -0.306 e. The maximum absolute atomic E-state index is 13.1. The Morgan fingerprint density at radius 3 is 2.45 bits per heavy atom. The summed E-state index contributed by atoms with van der Waals surface area (Å²) in [4.78, 5) is 2.55. The normalized spacial score (nSPS) is 22.9. The summed E-state index contributed by atoms with van der Waals surface area (Å²) in [6, 6.07) is 7.92. The van der Waals surface area contributed by atoms with Gasteiger partial charge in [0.05, 0.1) is 0 Å². The molecule has 1 aromatic rings. The molecule has 1 saturated carbocycles. The van der Waals surface area contributed by atoms with Crippen LogP contribution in [0.15, 0.2) is 24.3 Å². The van der Waals surface area contributed by atoms with E-state index in [1.807, 2.05) is 12.1 Å². The SMILES string of the molecule is CC(CN1CCCC1)NC(c1ccc(F)cc1)C1CC1. The molecule has 1 aliphatic carbocycles. The Balaban J connectivity index is 1.60. The van der Waals surface area contributed by atoms with E-state index in [9.17, 15) is 4.39 Å². The fraction of sp³-hybridized carbons (Fsp3) is 0.647. The lowest BCUT2D eigenvalue weighted by atomic mass is 10.0. The Kier molecular flexibility index (Phi) is 4.37. The molecule has 0 spiro atoms. The maximum atomic E-state index is 13.1. The first-order valence-corrected chi connectivity index (χ1v) is 7.96. The average molecular weight is 276 g/mol. The number of likely N-dealkylation sites (tertiary alicyclic amines) is 1. The molecular weight excluding hydrogens is 251 g/mol. The zero-order valence-corrected chi connectivity index (χ0v) is 12.3. The highest BCUT2D eigenvalue weighted by Gasteiger charge is 2.33. The van der Waals surface area contributed by atoms with Crippen LogP contribution in [0.2, 0.25) is 0 Å². The van der Waals surface area contributed by atoms with Gasteiger partial charge in [0.2, 0.25) is 0 Å². The number of rotatable bonds is 6. The van der Waals surface area contributed by atoms with Crippen molar-refractivity contribution < 1.29 is 4.39 Å². The van der Waals surface area contributed by atoms with Crippen molar-refractivity contribution in [3.8, 4) is 0 Å². The Labute approximate surface area is 121 Å². The second-order valence-corrected chi connectivity index (χ2v) is 6.44. The topological polar surface area (TPSA) is 15.3 Å². The Bertz CT molecular complexity index is 421. The van der Waals surface area contributed by atoms with Crippen LogP contribution in [-0.2, 0) is 0 Å². The van der Waals surface area contributed by atoms with E-state index in [2.05, 4.69) is 17.1 Å². The minimum atomic E-state index is -0.145. The number of nitrogens with one attached hydrogen (secondary N) is 1. The predicted octanol–water partition coefficient (Wildman–Crippen LogP) is 3.35. The van der Waals surface area contributed by atoms with Gasteiger partial charge in [-0.25, -0.2) is 4.39 Å². The molecule has 1 aromatic carbocycles. The summed E-state index contributed by atoms with van der Waals surface area (Å²) in [5.74, 6) is 0.593. The van der Waals surface area contributed by atoms with E-state index >= 15 is 0 Å². The van der Waals surface area contributed by atoms with Crippen LogP contribution in [0.1, 0.15) is 44.2 Å². The Morgan fingerprint density at radius 2 is 1.85 bits per heavy atom. The van der Waals surface area contributed by atoms with Gasteiger partial charge in [-0.05, 0) is 69.3 Å². The van der Waals surface area contributed by atoms with E-state index in [1.165, 1.54) is 44.3 Å². The van der Waals surface area contributed by atoms with Crippen molar-refractivity contribution >= 4 is 0 Å². The standard InChI is InChI=1S/C17H25FN2/c1-13(12-20-10-2-3-11-20)19-17(14-4-5-14)15-6-8-16(18)9-7-15/h6-9,13-14,17,19H,2-5,10-12H2,1H3. The molecule has 0 amide bonds. The molecule has 1 saturated heterocycles. The third-order valence-corrected chi connectivity index (χ3v) is 4.52. The molecule has 0 bridgehead atoms. The van der Waals surface area contributed by atoms with Crippen LogP contribution in [0.25, 0.3) is 0 Å². The minimum absolute atomic E-state index is 0.145. The number of halogens is 1. The molecule has 2 aliphatic rings. The summed E-state index contributed by atoms with van der Waals surface area (Å²) in [5, 5.41) is 3.78. The van der Waals surface area contributed by atoms with Crippen LogP contribution >= 0.6 is 0 Å². The van der Waals surface area contributed by atoms with Crippen LogP contribution in [-0.4, -0.2) is 30.6 Å². The van der Waals surface area contributed by atoms with Gasteiger partial charge in [-0.2, -0.15) is 0 Å². The average Bonchev–Trinajstić information content (AvgIpc) is 3.16. The lowest BCUT2D eigenvalue weighted by Crippen LogP contribution is -2.40. The van der Waals surface area contributed by atoms with Crippen molar-refractivity contribution in [3.63, 3.8) is 0 Å². The highest BCUT2D eigenvalue weighted by atomic mass is 19.1. The quantitative estimate of drug-likeness (QED) is 0.857. The molecule has 2 unspecified atom stereocenters. The first-order chi connectivity index (χ1) is 9.72. The summed E-state index contributed by atoms with van der Waals surface area (Å²) < 4.78 is 13.1. The molecule has 0 aromatic heterocycles. The second kappa shape index (κ2) is 6.23. The molecule has 20 heavy (non-hydrogen) atoms. The molecule has 2 fully saturated rings. The molecule has 1 aliphatic heterocycles. The van der Waals surface area contributed by atoms with Gasteiger partial charge in [0.25, 0.3) is 0 Å². The Hall–Kier alpha value is -0.930. The molecule has 0 radical (unpaired) electrons. The van der Waals surface area contributed by atoms with Crippen molar-refractivity contribution in [2.75, 3.05) is 19.6 Å². The molecule has 1 N–H and O–H groups in total. The lowest BCUT2D eigenvalue weighted by Gasteiger charge is -2.27. The monoisotopic (exact) mass is 276 g/mol. The fourth-order valence-electron chi connectivity index (χ4n) is 3.32. The van der Waals surface area contributed by atoms with Gasteiger partial charge in [-0.1, -0.05) is 12.1 Å². The number of hydrogen-bond acceptors (Lipinski definition) is 2. The summed E-state index contributed by atoms with van der Waals surface area (Å²) in [5.41, 5.74) is 1.24.